The van der Waals surface area contributed by atoms with Crippen molar-refractivity contribution in [3.8, 4) is 17.6 Å². The van der Waals surface area contributed by atoms with Crippen LogP contribution in [0.2, 0.25) is 0 Å². The molecule has 158 valence electrons. The highest BCUT2D eigenvalue weighted by molar-refractivity contribution is 5.27. The van der Waals surface area contributed by atoms with Gasteiger partial charge >= 0.3 is 0 Å². The van der Waals surface area contributed by atoms with Gasteiger partial charge in [-0.25, -0.2) is 0 Å². The predicted molar refractivity (Wildman–Crippen MR) is 124 cm³/mol. The van der Waals surface area contributed by atoms with Gasteiger partial charge in [0.1, 0.15) is 5.75 Å². The molecule has 0 N–H and O–H groups in total. The van der Waals surface area contributed by atoms with E-state index >= 15 is 0 Å². The highest BCUT2D eigenvalue weighted by Crippen LogP contribution is 2.32. The topological polar surface area (TPSA) is 9.23 Å². The van der Waals surface area contributed by atoms with Crippen molar-refractivity contribution in [3.05, 3.63) is 42.0 Å². The maximum absolute atomic E-state index is 6.02. The highest BCUT2D eigenvalue weighted by Gasteiger charge is 2.20. The number of hydrogen-bond acceptors (Lipinski definition) is 1. The van der Waals surface area contributed by atoms with Gasteiger partial charge in [0.05, 0.1) is 6.61 Å². The zero-order valence-electron chi connectivity index (χ0n) is 18.7. The van der Waals surface area contributed by atoms with E-state index in [4.69, 9.17) is 4.74 Å². The summed E-state index contributed by atoms with van der Waals surface area (Å²) in [6.07, 6.45) is 18.9. The first-order chi connectivity index (χ1) is 14.3. The van der Waals surface area contributed by atoms with Gasteiger partial charge in [-0.2, -0.15) is 0 Å². The summed E-state index contributed by atoms with van der Waals surface area (Å²) in [6, 6.07) is 8.56. The summed E-state index contributed by atoms with van der Waals surface area (Å²) in [5.41, 5.74) is 1.37. The van der Waals surface area contributed by atoms with Crippen molar-refractivity contribution in [1.29, 1.82) is 0 Å². The van der Waals surface area contributed by atoms with Crippen molar-refractivity contribution in [2.45, 2.75) is 84.5 Å². The molecule has 1 aromatic rings. The van der Waals surface area contributed by atoms with Crippen molar-refractivity contribution in [2.24, 2.45) is 23.7 Å². The molecule has 2 saturated carbocycles. The van der Waals surface area contributed by atoms with Gasteiger partial charge < -0.3 is 4.74 Å². The van der Waals surface area contributed by atoms with Crippen molar-refractivity contribution in [2.75, 3.05) is 6.61 Å². The van der Waals surface area contributed by atoms with E-state index in [-0.39, 0.29) is 0 Å². The molecule has 1 heteroatoms. The lowest BCUT2D eigenvalue weighted by molar-refractivity contribution is 0.196. The van der Waals surface area contributed by atoms with Crippen LogP contribution in [-0.4, -0.2) is 6.61 Å². The zero-order chi connectivity index (χ0) is 20.3. The molecule has 0 aliphatic heterocycles. The summed E-state index contributed by atoms with van der Waals surface area (Å²) in [4.78, 5) is 0. The van der Waals surface area contributed by atoms with Crippen LogP contribution in [0.3, 0.4) is 0 Å². The molecule has 0 aromatic heterocycles. The molecule has 0 unspecified atom stereocenters. The van der Waals surface area contributed by atoms with E-state index in [0.717, 1.165) is 30.6 Å². The molecule has 0 heterocycles. The molecular formula is C28H40O. The Bertz CT molecular complexity index is 659. The van der Waals surface area contributed by atoms with Crippen LogP contribution in [0.25, 0.3) is 0 Å². The average Bonchev–Trinajstić information content (AvgIpc) is 2.78. The highest BCUT2D eigenvalue weighted by atomic mass is 16.5. The molecule has 0 bridgehead atoms. The zero-order valence-corrected chi connectivity index (χ0v) is 18.7. The number of aryl methyl sites for hydroxylation is 1. The monoisotopic (exact) mass is 392 g/mol. The number of rotatable bonds is 7. The van der Waals surface area contributed by atoms with Crippen molar-refractivity contribution in [1.82, 2.24) is 0 Å². The Morgan fingerprint density at radius 1 is 0.897 bits per heavy atom. The molecule has 1 nitrogen and oxygen atoms in total. The Balaban J connectivity index is 1.32. The van der Waals surface area contributed by atoms with Gasteiger partial charge in [-0.05, 0) is 99.3 Å². The molecule has 0 saturated heterocycles. The molecule has 1 aromatic carbocycles. The normalized spacial score (nSPS) is 27.4. The van der Waals surface area contributed by atoms with Gasteiger partial charge in [-0.15, -0.1) is 0 Å². The minimum atomic E-state index is 0.583. The summed E-state index contributed by atoms with van der Waals surface area (Å²) in [7, 11) is 0. The SMILES string of the molecule is CCC[C@H]1CC[C@H](C=CC#C[C@H]2CC[C@H](COc3ccc(CC)cc3)CC2)CC1. The van der Waals surface area contributed by atoms with E-state index in [1.807, 2.05) is 0 Å². The molecular weight excluding hydrogens is 352 g/mol. The molecule has 29 heavy (non-hydrogen) atoms. The van der Waals surface area contributed by atoms with Crippen LogP contribution in [0.15, 0.2) is 36.4 Å². The van der Waals surface area contributed by atoms with E-state index in [2.05, 4.69) is 62.1 Å². The van der Waals surface area contributed by atoms with Crippen LogP contribution in [0.1, 0.15) is 83.6 Å². The molecule has 3 rings (SSSR count). The fourth-order valence-electron chi connectivity index (χ4n) is 4.94. The fourth-order valence-corrected chi connectivity index (χ4v) is 4.94. The van der Waals surface area contributed by atoms with Crippen LogP contribution in [-0.2, 0) is 6.42 Å². The Morgan fingerprint density at radius 3 is 2.24 bits per heavy atom. The van der Waals surface area contributed by atoms with Crippen LogP contribution < -0.4 is 4.74 Å². The summed E-state index contributed by atoms with van der Waals surface area (Å²) in [5.74, 6) is 10.9. The Morgan fingerprint density at radius 2 is 1.59 bits per heavy atom. The second kappa shape index (κ2) is 12.1. The Labute approximate surface area is 179 Å². The van der Waals surface area contributed by atoms with Crippen molar-refractivity contribution in [3.63, 3.8) is 0 Å². The summed E-state index contributed by atoms with van der Waals surface area (Å²) in [5, 5.41) is 0. The maximum Gasteiger partial charge on any atom is 0.119 e. The number of benzene rings is 1. The lowest BCUT2D eigenvalue weighted by atomic mass is 9.80. The second-order valence-corrected chi connectivity index (χ2v) is 9.24. The van der Waals surface area contributed by atoms with E-state index in [9.17, 15) is 0 Å². The summed E-state index contributed by atoms with van der Waals surface area (Å²) < 4.78 is 6.02. The molecule has 0 amide bonds. The molecule has 2 aliphatic carbocycles. The van der Waals surface area contributed by atoms with Gasteiger partial charge in [0, 0.05) is 5.92 Å². The van der Waals surface area contributed by atoms with Gasteiger partial charge in [0.25, 0.3) is 0 Å². The van der Waals surface area contributed by atoms with Crippen LogP contribution in [0.4, 0.5) is 0 Å². The smallest absolute Gasteiger partial charge is 0.119 e. The fraction of sp³-hybridized carbons (Fsp3) is 0.643. The number of hydrogen-bond donors (Lipinski definition) is 0. The standard InChI is InChI=1S/C28H40O/c1-3-7-24-10-12-25(13-11-24)8-5-6-9-26-14-16-27(17-15-26)22-29-28-20-18-23(4-2)19-21-28/h5,8,18-21,24-27H,3-4,7,10-17,22H2,1-2H3/t24-,25-,26-,27-. The molecule has 0 spiro atoms. The van der Waals surface area contributed by atoms with Crippen LogP contribution >= 0.6 is 0 Å². The maximum atomic E-state index is 6.02. The minimum Gasteiger partial charge on any atom is -0.493 e. The van der Waals surface area contributed by atoms with Crippen LogP contribution in [0.5, 0.6) is 5.75 Å². The first-order valence-corrected chi connectivity index (χ1v) is 12.2. The summed E-state index contributed by atoms with van der Waals surface area (Å²) in [6.45, 7) is 5.35. The second-order valence-electron chi connectivity index (χ2n) is 9.24. The predicted octanol–water partition coefficient (Wildman–Crippen LogP) is 7.60. The Hall–Kier alpha value is -1.68. The lowest BCUT2D eigenvalue weighted by Crippen LogP contribution is -2.19. The molecule has 0 radical (unpaired) electrons. The van der Waals surface area contributed by atoms with Crippen LogP contribution in [0, 0.1) is 35.5 Å². The summed E-state index contributed by atoms with van der Waals surface area (Å²) >= 11 is 0. The first kappa shape index (κ1) is 22.0. The first-order valence-electron chi connectivity index (χ1n) is 12.2. The van der Waals surface area contributed by atoms with E-state index < -0.39 is 0 Å². The lowest BCUT2D eigenvalue weighted by Gasteiger charge is -2.26. The van der Waals surface area contributed by atoms with E-state index in [1.54, 1.807) is 0 Å². The Kier molecular flexibility index (Phi) is 9.20. The molecule has 2 aliphatic rings. The third-order valence-corrected chi connectivity index (χ3v) is 6.99. The number of allylic oxidation sites excluding steroid dienone is 2. The third kappa shape index (κ3) is 7.58. The third-order valence-electron chi connectivity index (χ3n) is 6.99. The minimum absolute atomic E-state index is 0.583. The van der Waals surface area contributed by atoms with E-state index in [0.29, 0.717) is 11.8 Å². The van der Waals surface area contributed by atoms with Gasteiger partial charge in [0.2, 0.25) is 0 Å². The van der Waals surface area contributed by atoms with Gasteiger partial charge in [-0.3, -0.25) is 0 Å². The quantitative estimate of drug-likeness (QED) is 0.434. The van der Waals surface area contributed by atoms with Gasteiger partial charge in [0.15, 0.2) is 0 Å². The number of ether oxygens (including phenoxy) is 1. The van der Waals surface area contributed by atoms with Gasteiger partial charge in [-0.1, -0.05) is 56.7 Å². The van der Waals surface area contributed by atoms with Crippen molar-refractivity contribution >= 4 is 0 Å². The van der Waals surface area contributed by atoms with Crippen molar-refractivity contribution < 1.29 is 4.74 Å². The molecule has 2 fully saturated rings. The molecule has 0 atom stereocenters. The average molecular weight is 393 g/mol. The van der Waals surface area contributed by atoms with E-state index in [1.165, 1.54) is 69.8 Å². The largest absolute Gasteiger partial charge is 0.493 e.